The highest BCUT2D eigenvalue weighted by Gasteiger charge is 2.15. The predicted octanol–water partition coefficient (Wildman–Crippen LogP) is 2.60. The average molecular weight is 411 g/mol. The lowest BCUT2D eigenvalue weighted by atomic mass is 10.3. The number of halogens is 3. The minimum atomic E-state index is -0.229. The van der Waals surface area contributed by atoms with Crippen molar-refractivity contribution < 1.29 is 4.79 Å². The number of aryl methyl sites for hydroxylation is 1. The number of hydrogen-bond donors (Lipinski definition) is 2. The van der Waals surface area contributed by atoms with Gasteiger partial charge in [0.15, 0.2) is 5.69 Å². The Morgan fingerprint density at radius 2 is 2.32 bits per heavy atom. The van der Waals surface area contributed by atoms with E-state index >= 15 is 0 Å². The van der Waals surface area contributed by atoms with Crippen molar-refractivity contribution in [2.45, 2.75) is 13.0 Å². The Bertz CT molecular complexity index is 582. The lowest BCUT2D eigenvalue weighted by molar-refractivity contribution is 0.0947. The van der Waals surface area contributed by atoms with Crippen LogP contribution in [0.1, 0.15) is 16.9 Å². The second-order valence-corrected chi connectivity index (χ2v) is 5.75. The number of carbonyl (C=O) groups is 1. The summed E-state index contributed by atoms with van der Waals surface area (Å²) in [4.78, 5) is 11.8. The first kappa shape index (κ1) is 14.5. The number of H-pyrrole nitrogens is 1. The van der Waals surface area contributed by atoms with Crippen LogP contribution in [0.3, 0.4) is 0 Å². The van der Waals surface area contributed by atoms with E-state index in [-0.39, 0.29) is 5.91 Å². The molecule has 2 rings (SSSR count). The second-order valence-electron chi connectivity index (χ2n) is 3.73. The summed E-state index contributed by atoms with van der Waals surface area (Å²) in [7, 11) is 0. The monoisotopic (exact) mass is 409 g/mol. The van der Waals surface area contributed by atoms with Crippen LogP contribution in [-0.4, -0.2) is 32.4 Å². The molecule has 0 aliphatic heterocycles. The standard InChI is InChI=1S/C10H10Br2ClN5O/c11-7-8(16-17-9(7)12)10(19)14-2-1-3-18-5-6(13)4-15-18/h4-5H,1-3H2,(H,14,19)(H,16,17). The number of aromatic nitrogens is 4. The van der Waals surface area contributed by atoms with Gasteiger partial charge < -0.3 is 5.32 Å². The lowest BCUT2D eigenvalue weighted by Gasteiger charge is -2.04. The van der Waals surface area contributed by atoms with Gasteiger partial charge in [-0.05, 0) is 38.3 Å². The zero-order chi connectivity index (χ0) is 13.8. The van der Waals surface area contributed by atoms with Crippen LogP contribution < -0.4 is 5.32 Å². The number of hydrogen-bond acceptors (Lipinski definition) is 3. The molecule has 0 aromatic carbocycles. The second kappa shape index (κ2) is 6.53. The van der Waals surface area contributed by atoms with Crippen LogP contribution in [0, 0.1) is 0 Å². The topological polar surface area (TPSA) is 75.6 Å². The van der Waals surface area contributed by atoms with Crippen LogP contribution in [-0.2, 0) is 6.54 Å². The van der Waals surface area contributed by atoms with E-state index in [4.69, 9.17) is 11.6 Å². The van der Waals surface area contributed by atoms with Gasteiger partial charge in [0.05, 0.1) is 15.7 Å². The van der Waals surface area contributed by atoms with Crippen molar-refractivity contribution in [2.24, 2.45) is 0 Å². The Morgan fingerprint density at radius 1 is 1.53 bits per heavy atom. The summed E-state index contributed by atoms with van der Waals surface area (Å²) in [6.07, 6.45) is 4.08. The summed E-state index contributed by atoms with van der Waals surface area (Å²) in [6, 6.07) is 0. The number of nitrogens with zero attached hydrogens (tertiary/aromatic N) is 3. The molecule has 2 aromatic heterocycles. The van der Waals surface area contributed by atoms with Gasteiger partial charge in [0.2, 0.25) is 0 Å². The molecule has 0 saturated carbocycles. The molecule has 1 amide bonds. The van der Waals surface area contributed by atoms with Gasteiger partial charge in [0.25, 0.3) is 5.91 Å². The first-order valence-electron chi connectivity index (χ1n) is 5.43. The predicted molar refractivity (Wildman–Crippen MR) is 78.2 cm³/mol. The molecule has 9 heteroatoms. The van der Waals surface area contributed by atoms with E-state index < -0.39 is 0 Å². The third kappa shape index (κ3) is 3.80. The Labute approximate surface area is 131 Å². The maximum Gasteiger partial charge on any atom is 0.273 e. The van der Waals surface area contributed by atoms with E-state index in [9.17, 15) is 4.79 Å². The molecule has 0 atom stereocenters. The summed E-state index contributed by atoms with van der Waals surface area (Å²) >= 11 is 12.2. The van der Waals surface area contributed by atoms with Crippen LogP contribution in [0.4, 0.5) is 0 Å². The summed E-state index contributed by atoms with van der Waals surface area (Å²) in [6.45, 7) is 1.23. The molecule has 102 valence electrons. The third-order valence-corrected chi connectivity index (χ3v) is 4.41. The normalized spacial score (nSPS) is 10.7. The van der Waals surface area contributed by atoms with E-state index in [1.807, 2.05) is 0 Å². The Kier molecular flexibility index (Phi) is 5.00. The summed E-state index contributed by atoms with van der Waals surface area (Å²) in [5.41, 5.74) is 0.328. The Balaban J connectivity index is 1.77. The maximum absolute atomic E-state index is 11.8. The fraction of sp³-hybridized carbons (Fsp3) is 0.300. The quantitative estimate of drug-likeness (QED) is 0.743. The molecular weight excluding hydrogens is 401 g/mol. The molecular formula is C10H10Br2ClN5O. The number of amides is 1. The smallest absolute Gasteiger partial charge is 0.273 e. The number of nitrogens with one attached hydrogen (secondary N) is 2. The minimum Gasteiger partial charge on any atom is -0.351 e. The fourth-order valence-electron chi connectivity index (χ4n) is 1.44. The van der Waals surface area contributed by atoms with E-state index in [0.29, 0.717) is 32.9 Å². The molecule has 0 aliphatic carbocycles. The number of rotatable bonds is 5. The van der Waals surface area contributed by atoms with Gasteiger partial charge >= 0.3 is 0 Å². The molecule has 0 aliphatic rings. The van der Waals surface area contributed by atoms with Crippen molar-refractivity contribution >= 4 is 49.4 Å². The minimum absolute atomic E-state index is 0.229. The van der Waals surface area contributed by atoms with Crippen molar-refractivity contribution in [3.63, 3.8) is 0 Å². The summed E-state index contributed by atoms with van der Waals surface area (Å²) in [5.74, 6) is -0.229. The first-order chi connectivity index (χ1) is 9.08. The van der Waals surface area contributed by atoms with Gasteiger partial charge in [-0.25, -0.2) is 0 Å². The molecule has 0 unspecified atom stereocenters. The van der Waals surface area contributed by atoms with Gasteiger partial charge in [-0.3, -0.25) is 14.6 Å². The van der Waals surface area contributed by atoms with E-state index in [1.54, 1.807) is 17.1 Å². The molecule has 0 bridgehead atoms. The highest BCUT2D eigenvalue weighted by molar-refractivity contribution is 9.13. The van der Waals surface area contributed by atoms with E-state index in [0.717, 1.165) is 6.42 Å². The third-order valence-electron chi connectivity index (χ3n) is 2.33. The van der Waals surface area contributed by atoms with Crippen LogP contribution in [0.25, 0.3) is 0 Å². The zero-order valence-corrected chi connectivity index (χ0v) is 13.6. The van der Waals surface area contributed by atoms with Gasteiger partial charge in [0.1, 0.15) is 4.60 Å². The average Bonchev–Trinajstić information content (AvgIpc) is 2.93. The number of carbonyl (C=O) groups excluding carboxylic acids is 1. The fourth-order valence-corrected chi connectivity index (χ4v) is 2.23. The molecule has 2 aromatic rings. The van der Waals surface area contributed by atoms with Gasteiger partial charge in [-0.15, -0.1) is 0 Å². The van der Waals surface area contributed by atoms with E-state index in [1.165, 1.54) is 0 Å². The molecule has 2 N–H and O–H groups in total. The van der Waals surface area contributed by atoms with Crippen molar-refractivity contribution in [3.05, 3.63) is 32.2 Å². The zero-order valence-electron chi connectivity index (χ0n) is 9.66. The molecule has 6 nitrogen and oxygen atoms in total. The Hall–Kier alpha value is -0.860. The molecule has 0 saturated heterocycles. The number of aromatic amines is 1. The van der Waals surface area contributed by atoms with Crippen molar-refractivity contribution in [2.75, 3.05) is 6.54 Å². The van der Waals surface area contributed by atoms with Gasteiger partial charge in [-0.2, -0.15) is 10.2 Å². The van der Waals surface area contributed by atoms with Crippen molar-refractivity contribution in [1.82, 2.24) is 25.3 Å². The summed E-state index contributed by atoms with van der Waals surface area (Å²) < 4.78 is 2.99. The molecule has 0 fully saturated rings. The first-order valence-corrected chi connectivity index (χ1v) is 7.40. The van der Waals surface area contributed by atoms with E-state index in [2.05, 4.69) is 52.5 Å². The lowest BCUT2D eigenvalue weighted by Crippen LogP contribution is -2.26. The largest absolute Gasteiger partial charge is 0.351 e. The van der Waals surface area contributed by atoms with Gasteiger partial charge in [0, 0.05) is 19.3 Å². The van der Waals surface area contributed by atoms with Crippen LogP contribution in [0.5, 0.6) is 0 Å². The Morgan fingerprint density at radius 3 is 2.89 bits per heavy atom. The van der Waals surface area contributed by atoms with Crippen LogP contribution in [0.15, 0.2) is 21.5 Å². The molecule has 19 heavy (non-hydrogen) atoms. The SMILES string of the molecule is O=C(NCCCn1cc(Cl)cn1)c1n[nH]c(Br)c1Br. The highest BCUT2D eigenvalue weighted by Crippen LogP contribution is 2.23. The molecule has 0 radical (unpaired) electrons. The van der Waals surface area contributed by atoms with Crippen molar-refractivity contribution in [1.29, 1.82) is 0 Å². The molecule has 2 heterocycles. The highest BCUT2D eigenvalue weighted by atomic mass is 79.9. The van der Waals surface area contributed by atoms with Crippen LogP contribution >= 0.6 is 43.5 Å². The summed E-state index contributed by atoms with van der Waals surface area (Å²) in [5, 5.41) is 14.0. The van der Waals surface area contributed by atoms with Gasteiger partial charge in [-0.1, -0.05) is 11.6 Å². The van der Waals surface area contributed by atoms with Crippen molar-refractivity contribution in [3.8, 4) is 0 Å². The molecule has 0 spiro atoms. The maximum atomic E-state index is 11.8. The van der Waals surface area contributed by atoms with Crippen LogP contribution in [0.2, 0.25) is 5.02 Å².